The Balaban J connectivity index is 2.43. The van der Waals surface area contributed by atoms with E-state index in [2.05, 4.69) is 31.9 Å². The molecular weight excluding hydrogens is 394 g/mol. The average Bonchev–Trinajstić information content (AvgIpc) is 2.58. The van der Waals surface area contributed by atoms with E-state index in [0.717, 1.165) is 0 Å². The molecule has 1 nitrogen and oxygen atoms in total. The Bertz CT molecular complexity index is 578. The van der Waals surface area contributed by atoms with Gasteiger partial charge in [0.05, 0.1) is 13.7 Å². The lowest BCUT2D eigenvalue weighted by Crippen LogP contribution is -1.99. The highest BCUT2D eigenvalue weighted by Crippen LogP contribution is 2.34. The van der Waals surface area contributed by atoms with Crippen LogP contribution in [-0.2, 0) is 0 Å². The van der Waals surface area contributed by atoms with E-state index in [-0.39, 0.29) is 11.6 Å². The molecule has 1 aromatic carbocycles. The highest BCUT2D eigenvalue weighted by Gasteiger charge is 2.17. The molecule has 0 bridgehead atoms. The number of benzene rings is 1. The van der Waals surface area contributed by atoms with E-state index in [1.54, 1.807) is 6.07 Å². The number of halogens is 4. The Kier molecular flexibility index (Phi) is 4.02. The van der Waals surface area contributed by atoms with Gasteiger partial charge in [-0.05, 0) is 56.1 Å². The van der Waals surface area contributed by atoms with Crippen molar-refractivity contribution in [2.45, 2.75) is 0 Å². The van der Waals surface area contributed by atoms with Crippen molar-refractivity contribution < 1.29 is 9.18 Å². The largest absolute Gasteiger partial charge is 0.288 e. The van der Waals surface area contributed by atoms with Gasteiger partial charge in [-0.3, -0.25) is 4.79 Å². The molecule has 0 unspecified atom stereocenters. The number of rotatable bonds is 2. The molecule has 6 heteroatoms. The predicted molar refractivity (Wildman–Crippen MR) is 74.6 cm³/mol. The van der Waals surface area contributed by atoms with Crippen LogP contribution < -0.4 is 0 Å². The van der Waals surface area contributed by atoms with E-state index in [1.165, 1.54) is 29.5 Å². The van der Waals surface area contributed by atoms with Crippen molar-refractivity contribution in [2.75, 3.05) is 0 Å². The molecular formula is C11H4Br2ClFOS. The first-order valence-corrected chi connectivity index (χ1v) is 7.21. The summed E-state index contributed by atoms with van der Waals surface area (Å²) in [6, 6.07) is 5.55. The Morgan fingerprint density at radius 1 is 1.29 bits per heavy atom. The van der Waals surface area contributed by atoms with Gasteiger partial charge < -0.3 is 0 Å². The third-order valence-corrected chi connectivity index (χ3v) is 5.17. The van der Waals surface area contributed by atoms with Gasteiger partial charge in [-0.2, -0.15) is 0 Å². The van der Waals surface area contributed by atoms with Gasteiger partial charge in [-0.1, -0.05) is 11.6 Å². The Hall–Kier alpha value is -0.230. The number of ketones is 1. The second-order valence-corrected chi connectivity index (χ2v) is 6.82. The Morgan fingerprint density at radius 2 is 2.00 bits per heavy atom. The molecule has 17 heavy (non-hydrogen) atoms. The van der Waals surface area contributed by atoms with E-state index in [1.807, 2.05) is 0 Å². The molecule has 0 aliphatic carbocycles. The van der Waals surface area contributed by atoms with Gasteiger partial charge >= 0.3 is 0 Å². The molecule has 0 amide bonds. The molecule has 2 rings (SSSR count). The number of thiophene rings is 1. The third kappa shape index (κ3) is 2.78. The third-order valence-electron chi connectivity index (χ3n) is 2.04. The zero-order valence-corrected chi connectivity index (χ0v) is 12.9. The van der Waals surface area contributed by atoms with E-state index in [4.69, 9.17) is 11.6 Å². The van der Waals surface area contributed by atoms with Crippen LogP contribution in [0.1, 0.15) is 15.2 Å². The van der Waals surface area contributed by atoms with Gasteiger partial charge in [0.1, 0.15) is 5.82 Å². The smallest absolute Gasteiger partial charge is 0.204 e. The maximum atomic E-state index is 12.9. The number of carbonyl (C=O) groups is 1. The quantitative estimate of drug-likeness (QED) is 0.628. The fourth-order valence-electron chi connectivity index (χ4n) is 1.26. The highest BCUT2D eigenvalue weighted by molar-refractivity contribution is 9.11. The van der Waals surface area contributed by atoms with Crippen molar-refractivity contribution in [3.05, 3.63) is 53.8 Å². The molecule has 0 fully saturated rings. The summed E-state index contributed by atoms with van der Waals surface area (Å²) in [6.07, 6.45) is 0. The van der Waals surface area contributed by atoms with E-state index in [0.29, 0.717) is 23.7 Å². The van der Waals surface area contributed by atoms with Crippen molar-refractivity contribution in [1.82, 2.24) is 0 Å². The van der Waals surface area contributed by atoms with Crippen LogP contribution in [0.25, 0.3) is 0 Å². The second-order valence-electron chi connectivity index (χ2n) is 3.19. The maximum absolute atomic E-state index is 12.9. The van der Waals surface area contributed by atoms with Crippen molar-refractivity contribution in [3.63, 3.8) is 0 Å². The van der Waals surface area contributed by atoms with Crippen LogP contribution in [0.15, 0.2) is 32.5 Å². The SMILES string of the molecule is O=C(c1cc(Cl)c(Br)s1)c1ccc(F)cc1Br. The number of hydrogen-bond donors (Lipinski definition) is 0. The lowest BCUT2D eigenvalue weighted by Gasteiger charge is -2.01. The molecule has 0 saturated heterocycles. The van der Waals surface area contributed by atoms with Crippen molar-refractivity contribution in [1.29, 1.82) is 0 Å². The summed E-state index contributed by atoms with van der Waals surface area (Å²) in [5.74, 6) is -0.576. The second kappa shape index (κ2) is 5.18. The summed E-state index contributed by atoms with van der Waals surface area (Å²) in [7, 11) is 0. The average molecular weight is 398 g/mol. The van der Waals surface area contributed by atoms with Crippen molar-refractivity contribution in [2.24, 2.45) is 0 Å². The van der Waals surface area contributed by atoms with Crippen LogP contribution in [0.5, 0.6) is 0 Å². The van der Waals surface area contributed by atoms with Crippen LogP contribution in [0.4, 0.5) is 4.39 Å². The van der Waals surface area contributed by atoms with Gasteiger partial charge in [0, 0.05) is 10.0 Å². The van der Waals surface area contributed by atoms with Gasteiger partial charge in [0.25, 0.3) is 0 Å². The van der Waals surface area contributed by atoms with Crippen molar-refractivity contribution in [3.8, 4) is 0 Å². The predicted octanol–water partition coefficient (Wildman–Crippen LogP) is 5.30. The molecule has 0 saturated carbocycles. The van der Waals surface area contributed by atoms with Gasteiger partial charge in [0.15, 0.2) is 0 Å². The lowest BCUT2D eigenvalue weighted by molar-refractivity contribution is 0.104. The molecule has 1 aromatic heterocycles. The van der Waals surface area contributed by atoms with Crippen LogP contribution in [0, 0.1) is 5.82 Å². The summed E-state index contributed by atoms with van der Waals surface area (Å²) >= 11 is 13.5. The van der Waals surface area contributed by atoms with E-state index >= 15 is 0 Å². The summed E-state index contributed by atoms with van der Waals surface area (Å²) < 4.78 is 14.1. The number of hydrogen-bond acceptors (Lipinski definition) is 2. The molecule has 0 atom stereocenters. The highest BCUT2D eigenvalue weighted by atomic mass is 79.9. The monoisotopic (exact) mass is 396 g/mol. The first kappa shape index (κ1) is 13.2. The Labute approximate surface area is 123 Å². The molecule has 0 aliphatic rings. The van der Waals surface area contributed by atoms with Crippen molar-refractivity contribution >= 4 is 60.6 Å². The zero-order chi connectivity index (χ0) is 12.6. The first-order valence-electron chi connectivity index (χ1n) is 4.43. The molecule has 0 aliphatic heterocycles. The molecule has 2 aromatic rings. The maximum Gasteiger partial charge on any atom is 0.204 e. The van der Waals surface area contributed by atoms with E-state index in [9.17, 15) is 9.18 Å². The summed E-state index contributed by atoms with van der Waals surface area (Å²) in [4.78, 5) is 12.6. The first-order chi connectivity index (χ1) is 7.99. The van der Waals surface area contributed by atoms with Gasteiger partial charge in [-0.25, -0.2) is 4.39 Å². The zero-order valence-electron chi connectivity index (χ0n) is 8.14. The summed E-state index contributed by atoms with van der Waals surface area (Å²) in [5, 5.41) is 0.497. The summed E-state index contributed by atoms with van der Waals surface area (Å²) in [6.45, 7) is 0. The number of carbonyl (C=O) groups excluding carboxylic acids is 1. The van der Waals surface area contributed by atoms with E-state index < -0.39 is 0 Å². The minimum atomic E-state index is -0.390. The van der Waals surface area contributed by atoms with Gasteiger partial charge in [-0.15, -0.1) is 11.3 Å². The fraction of sp³-hybridized carbons (Fsp3) is 0. The molecule has 1 heterocycles. The molecule has 0 N–H and O–H groups in total. The normalized spacial score (nSPS) is 10.6. The summed E-state index contributed by atoms with van der Waals surface area (Å²) in [5.41, 5.74) is 0.414. The standard InChI is InChI=1S/C11H4Br2ClFOS/c12-7-3-5(15)1-2-6(7)10(16)9-4-8(14)11(13)17-9/h1-4H. The topological polar surface area (TPSA) is 17.1 Å². The molecule has 0 spiro atoms. The van der Waals surface area contributed by atoms with Crippen LogP contribution >= 0.6 is 54.8 Å². The van der Waals surface area contributed by atoms with Crippen LogP contribution in [0.2, 0.25) is 5.02 Å². The van der Waals surface area contributed by atoms with Gasteiger partial charge in [0.2, 0.25) is 5.78 Å². The minimum Gasteiger partial charge on any atom is -0.288 e. The van der Waals surface area contributed by atoms with Crippen LogP contribution in [-0.4, -0.2) is 5.78 Å². The molecule has 0 radical (unpaired) electrons. The molecule has 88 valence electrons. The fourth-order valence-corrected chi connectivity index (χ4v) is 3.45. The Morgan fingerprint density at radius 3 is 2.53 bits per heavy atom. The minimum absolute atomic E-state index is 0.186. The van der Waals surface area contributed by atoms with Crippen LogP contribution in [0.3, 0.4) is 0 Å². The lowest BCUT2D eigenvalue weighted by atomic mass is 10.1.